The molecule has 3 heteroatoms. The monoisotopic (exact) mass is 241 g/mol. The highest BCUT2D eigenvalue weighted by molar-refractivity contribution is 7.99. The van der Waals surface area contributed by atoms with Crippen LogP contribution in [-0.2, 0) is 0 Å². The highest BCUT2D eigenvalue weighted by Crippen LogP contribution is 2.35. The summed E-state index contributed by atoms with van der Waals surface area (Å²) in [4.78, 5) is 1.27. The van der Waals surface area contributed by atoms with E-state index in [9.17, 15) is 0 Å². The van der Waals surface area contributed by atoms with E-state index in [0.29, 0.717) is 6.04 Å². The van der Waals surface area contributed by atoms with Crippen molar-refractivity contribution in [1.29, 1.82) is 0 Å². The molecule has 1 aromatic carbocycles. The lowest BCUT2D eigenvalue weighted by Gasteiger charge is -2.14. The summed E-state index contributed by atoms with van der Waals surface area (Å²) in [5.74, 6) is 2.04. The molecule has 1 fully saturated rings. The van der Waals surface area contributed by atoms with Crippen molar-refractivity contribution >= 4 is 23.4 Å². The van der Waals surface area contributed by atoms with Crippen LogP contribution in [-0.4, -0.2) is 18.8 Å². The highest BCUT2D eigenvalue weighted by Gasteiger charge is 2.29. The average Bonchev–Trinajstić information content (AvgIpc) is 3.03. The summed E-state index contributed by atoms with van der Waals surface area (Å²) in [6.45, 7) is 0. The maximum absolute atomic E-state index is 5.94. The second kappa shape index (κ2) is 5.24. The van der Waals surface area contributed by atoms with Crippen LogP contribution >= 0.6 is 23.4 Å². The lowest BCUT2D eigenvalue weighted by atomic mass is 10.2. The van der Waals surface area contributed by atoms with E-state index in [2.05, 4.69) is 18.4 Å². The predicted molar refractivity (Wildman–Crippen MR) is 67.7 cm³/mol. The Morgan fingerprint density at radius 2 is 2.33 bits per heavy atom. The fourth-order valence-corrected chi connectivity index (χ4v) is 3.15. The average molecular weight is 242 g/mol. The zero-order chi connectivity index (χ0) is 10.7. The molecule has 0 bridgehead atoms. The molecular weight excluding hydrogens is 226 g/mol. The normalized spacial score (nSPS) is 17.7. The Bertz CT molecular complexity index is 325. The van der Waals surface area contributed by atoms with Gasteiger partial charge in [-0.25, -0.2) is 0 Å². The van der Waals surface area contributed by atoms with Gasteiger partial charge >= 0.3 is 0 Å². The van der Waals surface area contributed by atoms with Crippen molar-refractivity contribution in [1.82, 2.24) is 5.32 Å². The van der Waals surface area contributed by atoms with E-state index in [1.54, 1.807) is 0 Å². The molecule has 0 heterocycles. The Labute approximate surface area is 101 Å². The van der Waals surface area contributed by atoms with E-state index in [0.717, 1.165) is 16.7 Å². The summed E-state index contributed by atoms with van der Waals surface area (Å²) in [5.41, 5.74) is 0. The third kappa shape index (κ3) is 3.40. The minimum absolute atomic E-state index is 0.661. The maximum atomic E-state index is 5.94. The minimum Gasteiger partial charge on any atom is -0.316 e. The van der Waals surface area contributed by atoms with E-state index >= 15 is 0 Å². The maximum Gasteiger partial charge on any atom is 0.0417 e. The second-order valence-corrected chi connectivity index (χ2v) is 5.53. The van der Waals surface area contributed by atoms with Crippen molar-refractivity contribution in [3.05, 3.63) is 29.3 Å². The summed E-state index contributed by atoms with van der Waals surface area (Å²) >= 11 is 7.83. The fraction of sp³-hybridized carbons (Fsp3) is 0.500. The Morgan fingerprint density at radius 3 is 2.93 bits per heavy atom. The first-order chi connectivity index (χ1) is 7.29. The van der Waals surface area contributed by atoms with Gasteiger partial charge in [0.2, 0.25) is 0 Å². The van der Waals surface area contributed by atoms with Gasteiger partial charge in [0.15, 0.2) is 0 Å². The molecule has 1 saturated carbocycles. The van der Waals surface area contributed by atoms with Crippen LogP contribution in [0.2, 0.25) is 5.02 Å². The van der Waals surface area contributed by atoms with Crippen LogP contribution in [0.25, 0.3) is 0 Å². The molecule has 1 nitrogen and oxygen atoms in total. The Hall–Kier alpha value is -0.180. The van der Waals surface area contributed by atoms with Gasteiger partial charge in [0.25, 0.3) is 0 Å². The molecule has 0 amide bonds. The Balaban J connectivity index is 1.86. The van der Waals surface area contributed by atoms with Gasteiger partial charge in [-0.15, -0.1) is 11.8 Å². The van der Waals surface area contributed by atoms with Crippen LogP contribution in [0.15, 0.2) is 29.2 Å². The molecule has 82 valence electrons. The molecule has 1 aliphatic rings. The molecule has 1 aromatic rings. The predicted octanol–water partition coefficient (Wildman–Crippen LogP) is 3.43. The highest BCUT2D eigenvalue weighted by atomic mass is 35.5. The third-order valence-electron chi connectivity index (χ3n) is 2.79. The lowest BCUT2D eigenvalue weighted by molar-refractivity contribution is 0.554. The van der Waals surface area contributed by atoms with Gasteiger partial charge in [-0.05, 0) is 44.0 Å². The number of thioether (sulfide) groups is 1. The van der Waals surface area contributed by atoms with Crippen molar-refractivity contribution in [2.75, 3.05) is 12.8 Å². The molecule has 1 N–H and O–H groups in total. The van der Waals surface area contributed by atoms with Crippen molar-refractivity contribution in [3.8, 4) is 0 Å². The van der Waals surface area contributed by atoms with Crippen molar-refractivity contribution in [3.63, 3.8) is 0 Å². The summed E-state index contributed by atoms with van der Waals surface area (Å²) < 4.78 is 0. The van der Waals surface area contributed by atoms with Crippen LogP contribution < -0.4 is 5.32 Å². The zero-order valence-electron chi connectivity index (χ0n) is 8.87. The minimum atomic E-state index is 0.661. The number of hydrogen-bond donors (Lipinski definition) is 1. The van der Waals surface area contributed by atoms with Crippen LogP contribution in [0.1, 0.15) is 12.8 Å². The largest absolute Gasteiger partial charge is 0.316 e. The quantitative estimate of drug-likeness (QED) is 0.793. The molecule has 0 radical (unpaired) electrons. The first-order valence-corrected chi connectivity index (χ1v) is 6.71. The van der Waals surface area contributed by atoms with Gasteiger partial charge in [-0.1, -0.05) is 17.7 Å². The molecule has 1 unspecified atom stereocenters. The lowest BCUT2D eigenvalue weighted by Crippen LogP contribution is -2.29. The number of benzene rings is 1. The molecule has 1 aliphatic carbocycles. The van der Waals surface area contributed by atoms with Gasteiger partial charge < -0.3 is 5.32 Å². The Kier molecular flexibility index (Phi) is 3.95. The molecule has 1 atom stereocenters. The van der Waals surface area contributed by atoms with Crippen LogP contribution in [0.5, 0.6) is 0 Å². The van der Waals surface area contributed by atoms with Crippen molar-refractivity contribution in [2.45, 2.75) is 23.8 Å². The van der Waals surface area contributed by atoms with Gasteiger partial charge in [-0.2, -0.15) is 0 Å². The topological polar surface area (TPSA) is 12.0 Å². The SMILES string of the molecule is CNC(CSc1cccc(Cl)c1)C1CC1. The standard InChI is InChI=1S/C12H16ClNS/c1-14-12(9-5-6-9)8-15-11-4-2-3-10(13)7-11/h2-4,7,9,12,14H,5-6,8H2,1H3. The van der Waals surface area contributed by atoms with Crippen molar-refractivity contribution in [2.24, 2.45) is 5.92 Å². The molecule has 15 heavy (non-hydrogen) atoms. The van der Waals surface area contributed by atoms with Crippen LogP contribution in [0, 0.1) is 5.92 Å². The number of hydrogen-bond acceptors (Lipinski definition) is 2. The second-order valence-electron chi connectivity index (χ2n) is 4.00. The molecule has 0 aliphatic heterocycles. The Morgan fingerprint density at radius 1 is 1.53 bits per heavy atom. The van der Waals surface area contributed by atoms with E-state index < -0.39 is 0 Å². The zero-order valence-corrected chi connectivity index (χ0v) is 10.4. The number of halogens is 1. The first-order valence-electron chi connectivity index (χ1n) is 5.35. The molecule has 2 rings (SSSR count). The van der Waals surface area contributed by atoms with E-state index in [-0.39, 0.29) is 0 Å². The van der Waals surface area contributed by atoms with Gasteiger partial charge in [0.05, 0.1) is 0 Å². The van der Waals surface area contributed by atoms with Crippen molar-refractivity contribution < 1.29 is 0 Å². The van der Waals surface area contributed by atoms with E-state index in [1.807, 2.05) is 30.0 Å². The summed E-state index contributed by atoms with van der Waals surface area (Å²) in [6, 6.07) is 8.74. The van der Waals surface area contributed by atoms with Gasteiger partial charge in [0, 0.05) is 21.7 Å². The van der Waals surface area contributed by atoms with E-state index in [4.69, 9.17) is 11.6 Å². The summed E-state index contributed by atoms with van der Waals surface area (Å²) in [6.07, 6.45) is 2.78. The third-order valence-corrected chi connectivity index (χ3v) is 4.14. The summed E-state index contributed by atoms with van der Waals surface area (Å²) in [5, 5.41) is 4.22. The summed E-state index contributed by atoms with van der Waals surface area (Å²) in [7, 11) is 2.06. The number of nitrogens with one attached hydrogen (secondary N) is 1. The van der Waals surface area contributed by atoms with Crippen LogP contribution in [0.4, 0.5) is 0 Å². The molecule has 0 saturated heterocycles. The van der Waals surface area contributed by atoms with Gasteiger partial charge in [-0.3, -0.25) is 0 Å². The molecular formula is C12H16ClNS. The molecule has 0 aromatic heterocycles. The molecule has 0 spiro atoms. The van der Waals surface area contributed by atoms with E-state index in [1.165, 1.54) is 17.7 Å². The fourth-order valence-electron chi connectivity index (χ4n) is 1.70. The van der Waals surface area contributed by atoms with Crippen LogP contribution in [0.3, 0.4) is 0 Å². The first kappa shape index (κ1) is 11.3. The smallest absolute Gasteiger partial charge is 0.0417 e. The van der Waals surface area contributed by atoms with Gasteiger partial charge in [0.1, 0.15) is 0 Å². The number of rotatable bonds is 5.